The average molecular weight is 375 g/mol. The lowest BCUT2D eigenvalue weighted by Crippen LogP contribution is -2.45. The van der Waals surface area contributed by atoms with Crippen molar-refractivity contribution in [2.24, 2.45) is 5.41 Å². The molecule has 0 spiro atoms. The summed E-state index contributed by atoms with van der Waals surface area (Å²) in [4.78, 5) is 39.3. The topological polar surface area (TPSA) is 97.0 Å². The van der Waals surface area contributed by atoms with Crippen molar-refractivity contribution in [3.05, 3.63) is 29.8 Å². The number of nitrogens with zero attached hydrogens (tertiary/aromatic N) is 1. The van der Waals surface area contributed by atoms with Crippen LogP contribution < -0.4 is 10.6 Å². The summed E-state index contributed by atoms with van der Waals surface area (Å²) in [6.07, 6.45) is 1.01. The van der Waals surface area contributed by atoms with Gasteiger partial charge in [0.15, 0.2) is 0 Å². The summed E-state index contributed by atoms with van der Waals surface area (Å²) in [6, 6.07) is 6.59. The zero-order chi connectivity index (χ0) is 19.3. The first-order valence-electron chi connectivity index (χ1n) is 9.14. The Morgan fingerprint density at radius 3 is 2.52 bits per heavy atom. The van der Waals surface area contributed by atoms with Crippen LogP contribution in [-0.4, -0.2) is 69.2 Å². The van der Waals surface area contributed by atoms with Crippen molar-refractivity contribution in [2.45, 2.75) is 12.8 Å². The third kappa shape index (κ3) is 4.45. The van der Waals surface area contributed by atoms with E-state index in [9.17, 15) is 14.4 Å². The van der Waals surface area contributed by atoms with Crippen molar-refractivity contribution in [3.8, 4) is 0 Å². The Morgan fingerprint density at radius 1 is 1.15 bits per heavy atom. The molecule has 3 rings (SSSR count). The van der Waals surface area contributed by atoms with Crippen molar-refractivity contribution < 1.29 is 23.9 Å². The van der Waals surface area contributed by atoms with Gasteiger partial charge in [-0.1, -0.05) is 12.1 Å². The molecule has 8 nitrogen and oxygen atoms in total. The van der Waals surface area contributed by atoms with E-state index in [2.05, 4.69) is 15.5 Å². The molecule has 27 heavy (non-hydrogen) atoms. The summed E-state index contributed by atoms with van der Waals surface area (Å²) in [5.41, 5.74) is -0.438. The van der Waals surface area contributed by atoms with Crippen molar-refractivity contribution in [2.75, 3.05) is 51.8 Å². The molecule has 0 aromatic heterocycles. The number of amides is 2. The maximum absolute atomic E-state index is 12.7. The Bertz CT molecular complexity index is 711. The van der Waals surface area contributed by atoms with E-state index >= 15 is 0 Å². The van der Waals surface area contributed by atoms with Crippen LogP contribution in [0.5, 0.6) is 0 Å². The van der Waals surface area contributed by atoms with Crippen LogP contribution in [0.2, 0.25) is 0 Å². The average Bonchev–Trinajstić information content (AvgIpc) is 3.51. The number of ether oxygens (including phenoxy) is 2. The Labute approximate surface area is 158 Å². The maximum atomic E-state index is 12.7. The molecule has 1 aromatic carbocycles. The van der Waals surface area contributed by atoms with E-state index in [0.29, 0.717) is 38.3 Å². The van der Waals surface area contributed by atoms with E-state index in [4.69, 9.17) is 9.47 Å². The molecule has 2 fully saturated rings. The second-order valence-corrected chi connectivity index (χ2v) is 6.78. The molecule has 1 aliphatic carbocycles. The molecule has 0 unspecified atom stereocenters. The molecule has 1 aromatic rings. The van der Waals surface area contributed by atoms with Crippen LogP contribution in [0, 0.1) is 5.41 Å². The van der Waals surface area contributed by atoms with E-state index in [1.165, 1.54) is 7.11 Å². The van der Waals surface area contributed by atoms with Gasteiger partial charge in [0.25, 0.3) is 0 Å². The monoisotopic (exact) mass is 375 g/mol. The number of para-hydroxylation sites is 1. The first-order chi connectivity index (χ1) is 13.1. The van der Waals surface area contributed by atoms with E-state index < -0.39 is 11.4 Å². The highest BCUT2D eigenvalue weighted by molar-refractivity contribution is 6.14. The number of methoxy groups -OCH3 is 1. The van der Waals surface area contributed by atoms with E-state index in [0.717, 1.165) is 19.6 Å². The number of hydrogen-bond donors (Lipinski definition) is 2. The molecule has 146 valence electrons. The highest BCUT2D eigenvalue weighted by atomic mass is 16.5. The van der Waals surface area contributed by atoms with Crippen LogP contribution in [0.4, 0.5) is 5.69 Å². The maximum Gasteiger partial charge on any atom is 0.339 e. The second-order valence-electron chi connectivity index (χ2n) is 6.78. The lowest BCUT2D eigenvalue weighted by Gasteiger charge is -2.26. The minimum absolute atomic E-state index is 0.260. The molecule has 0 radical (unpaired) electrons. The minimum atomic E-state index is -1.05. The molecule has 1 saturated carbocycles. The highest BCUT2D eigenvalue weighted by Gasteiger charge is 2.56. The van der Waals surface area contributed by atoms with Gasteiger partial charge in [-0.05, 0) is 25.0 Å². The Kier molecular flexibility index (Phi) is 6.08. The predicted molar refractivity (Wildman–Crippen MR) is 98.3 cm³/mol. The van der Waals surface area contributed by atoms with Crippen molar-refractivity contribution in [1.82, 2.24) is 10.2 Å². The van der Waals surface area contributed by atoms with Gasteiger partial charge >= 0.3 is 5.97 Å². The molecule has 1 heterocycles. The summed E-state index contributed by atoms with van der Waals surface area (Å²) in [6.45, 7) is 4.35. The van der Waals surface area contributed by atoms with Crippen LogP contribution >= 0.6 is 0 Å². The largest absolute Gasteiger partial charge is 0.465 e. The van der Waals surface area contributed by atoms with Gasteiger partial charge in [-0.15, -0.1) is 0 Å². The normalized spacial score (nSPS) is 18.4. The molecule has 2 aliphatic rings. The number of nitrogens with one attached hydrogen (secondary N) is 2. The standard InChI is InChI=1S/C19H25N3O5/c1-26-16(23)14-4-2-3-5-15(14)21-18(25)19(6-7-19)17(24)20-8-9-22-10-12-27-13-11-22/h2-5H,6-13H2,1H3,(H,20,24)(H,21,25). The van der Waals surface area contributed by atoms with Crippen molar-refractivity contribution in [3.63, 3.8) is 0 Å². The van der Waals surface area contributed by atoms with Gasteiger partial charge in [0, 0.05) is 26.2 Å². The second kappa shape index (κ2) is 8.49. The van der Waals surface area contributed by atoms with Gasteiger partial charge in [-0.25, -0.2) is 4.79 Å². The van der Waals surface area contributed by atoms with Crippen LogP contribution in [0.3, 0.4) is 0 Å². The molecule has 8 heteroatoms. The number of anilines is 1. The molecule has 0 bridgehead atoms. The fraction of sp³-hybridized carbons (Fsp3) is 0.526. The highest BCUT2D eigenvalue weighted by Crippen LogP contribution is 2.47. The lowest BCUT2D eigenvalue weighted by molar-refractivity contribution is -0.134. The Balaban J connectivity index is 1.56. The summed E-state index contributed by atoms with van der Waals surface area (Å²) in [5.74, 6) is -1.18. The van der Waals surface area contributed by atoms with Gasteiger partial charge in [-0.3, -0.25) is 14.5 Å². The van der Waals surface area contributed by atoms with E-state index in [-0.39, 0.29) is 17.4 Å². The predicted octanol–water partition coefficient (Wildman–Crippen LogP) is 0.640. The first-order valence-corrected chi connectivity index (χ1v) is 9.14. The van der Waals surface area contributed by atoms with E-state index in [1.54, 1.807) is 24.3 Å². The van der Waals surface area contributed by atoms with Gasteiger partial charge < -0.3 is 20.1 Å². The number of esters is 1. The summed E-state index contributed by atoms with van der Waals surface area (Å²) in [5, 5.41) is 5.60. The SMILES string of the molecule is COC(=O)c1ccccc1NC(=O)C1(C(=O)NCCN2CCOCC2)CC1. The van der Waals surface area contributed by atoms with Crippen LogP contribution in [0.15, 0.2) is 24.3 Å². The van der Waals surface area contributed by atoms with Gasteiger partial charge in [-0.2, -0.15) is 0 Å². The van der Waals surface area contributed by atoms with Crippen molar-refractivity contribution in [1.29, 1.82) is 0 Å². The van der Waals surface area contributed by atoms with Gasteiger partial charge in [0.1, 0.15) is 5.41 Å². The lowest BCUT2D eigenvalue weighted by atomic mass is 10.0. The Hall–Kier alpha value is -2.45. The minimum Gasteiger partial charge on any atom is -0.465 e. The fourth-order valence-electron chi connectivity index (χ4n) is 3.13. The number of benzene rings is 1. The molecule has 2 amide bonds. The van der Waals surface area contributed by atoms with Gasteiger partial charge in [0.2, 0.25) is 11.8 Å². The summed E-state index contributed by atoms with van der Waals surface area (Å²) >= 11 is 0. The molecule has 0 atom stereocenters. The number of hydrogen-bond acceptors (Lipinski definition) is 6. The Morgan fingerprint density at radius 2 is 1.85 bits per heavy atom. The van der Waals surface area contributed by atoms with Gasteiger partial charge in [0.05, 0.1) is 31.6 Å². The zero-order valence-electron chi connectivity index (χ0n) is 15.5. The molecular weight excluding hydrogens is 350 g/mol. The fourth-order valence-corrected chi connectivity index (χ4v) is 3.13. The first kappa shape index (κ1) is 19.3. The van der Waals surface area contributed by atoms with Crippen molar-refractivity contribution >= 4 is 23.5 Å². The number of carbonyl (C=O) groups excluding carboxylic acids is 3. The smallest absolute Gasteiger partial charge is 0.339 e. The van der Waals surface area contributed by atoms with Crippen LogP contribution in [-0.2, 0) is 19.1 Å². The number of rotatable bonds is 7. The zero-order valence-corrected chi connectivity index (χ0v) is 15.5. The van der Waals surface area contributed by atoms with E-state index in [1.807, 2.05) is 0 Å². The van der Waals surface area contributed by atoms with Crippen LogP contribution in [0.25, 0.3) is 0 Å². The quantitative estimate of drug-likeness (QED) is 0.536. The molecule has 1 saturated heterocycles. The molecular formula is C19H25N3O5. The third-order valence-electron chi connectivity index (χ3n) is 5.02. The number of morpholine rings is 1. The summed E-state index contributed by atoms with van der Waals surface area (Å²) < 4.78 is 10.0. The molecule has 1 aliphatic heterocycles. The molecule has 2 N–H and O–H groups in total. The number of carbonyl (C=O) groups is 3. The third-order valence-corrected chi connectivity index (χ3v) is 5.02. The van der Waals surface area contributed by atoms with Crippen LogP contribution in [0.1, 0.15) is 23.2 Å². The summed E-state index contributed by atoms with van der Waals surface area (Å²) in [7, 11) is 1.28.